The van der Waals surface area contributed by atoms with Crippen molar-refractivity contribution in [1.29, 1.82) is 0 Å². The Labute approximate surface area is 124 Å². The van der Waals surface area contributed by atoms with Crippen molar-refractivity contribution < 1.29 is 4.63 Å². The normalized spacial score (nSPS) is 30.5. The number of rotatable bonds is 5. The smallest absolute Gasteiger partial charge is 0.160 e. The minimum atomic E-state index is 0.608. The quantitative estimate of drug-likeness (QED) is 0.651. The van der Waals surface area contributed by atoms with Gasteiger partial charge in [0.05, 0.1) is 11.4 Å². The monoisotopic (exact) mass is 286 g/mol. The molecule has 0 amide bonds. The van der Waals surface area contributed by atoms with Crippen molar-refractivity contribution >= 4 is 22.4 Å². The highest BCUT2D eigenvalue weighted by Crippen LogP contribution is 2.58. The van der Waals surface area contributed by atoms with Crippen LogP contribution in [0.4, 0.5) is 11.4 Å². The number of anilines is 2. The van der Waals surface area contributed by atoms with Gasteiger partial charge in [-0.15, -0.1) is 0 Å². The molecule has 0 radical (unpaired) electrons. The Kier molecular flexibility index (Phi) is 3.01. The molecule has 4 rings (SSSR count). The van der Waals surface area contributed by atoms with Crippen LogP contribution < -0.4 is 11.1 Å². The van der Waals surface area contributed by atoms with Gasteiger partial charge in [0, 0.05) is 6.54 Å². The molecule has 0 bridgehead atoms. The van der Waals surface area contributed by atoms with Gasteiger partial charge in [0.15, 0.2) is 11.0 Å². The zero-order valence-electron chi connectivity index (χ0n) is 12.4. The van der Waals surface area contributed by atoms with Crippen LogP contribution in [0.2, 0.25) is 0 Å². The summed E-state index contributed by atoms with van der Waals surface area (Å²) in [6.07, 6.45) is 5.49. The molecule has 112 valence electrons. The second-order valence-corrected chi connectivity index (χ2v) is 6.78. The van der Waals surface area contributed by atoms with Gasteiger partial charge in [-0.2, -0.15) is 0 Å². The molecule has 0 aliphatic heterocycles. The molecule has 1 heterocycles. The lowest BCUT2D eigenvalue weighted by atomic mass is 9.47. The van der Waals surface area contributed by atoms with Crippen LogP contribution in [0.25, 0.3) is 11.0 Å². The molecule has 5 nitrogen and oxygen atoms in total. The summed E-state index contributed by atoms with van der Waals surface area (Å²) in [4.78, 5) is 0. The summed E-state index contributed by atoms with van der Waals surface area (Å²) in [5.41, 5.74) is 8.79. The minimum Gasteiger partial charge on any atom is -0.397 e. The van der Waals surface area contributed by atoms with E-state index in [0.29, 0.717) is 11.2 Å². The summed E-state index contributed by atoms with van der Waals surface area (Å²) >= 11 is 0. The molecule has 5 heteroatoms. The second-order valence-electron chi connectivity index (χ2n) is 6.78. The summed E-state index contributed by atoms with van der Waals surface area (Å²) in [5, 5.41) is 11.2. The van der Waals surface area contributed by atoms with E-state index in [1.807, 2.05) is 12.1 Å². The minimum absolute atomic E-state index is 0.608. The third kappa shape index (κ3) is 2.06. The molecule has 4 atom stereocenters. The Morgan fingerprint density at radius 1 is 1.29 bits per heavy atom. The number of benzene rings is 1. The number of nitrogen functional groups attached to an aromatic ring is 1. The van der Waals surface area contributed by atoms with E-state index >= 15 is 0 Å². The number of nitrogens with zero attached hydrogens (tertiary/aromatic N) is 2. The fourth-order valence-corrected chi connectivity index (χ4v) is 4.44. The maximum Gasteiger partial charge on any atom is 0.160 e. The van der Waals surface area contributed by atoms with Crippen LogP contribution in [0, 0.1) is 23.7 Å². The Morgan fingerprint density at radius 2 is 2.14 bits per heavy atom. The van der Waals surface area contributed by atoms with Crippen molar-refractivity contribution in [3.63, 3.8) is 0 Å². The van der Waals surface area contributed by atoms with Crippen LogP contribution in [0.15, 0.2) is 16.8 Å². The maximum atomic E-state index is 5.85. The zero-order chi connectivity index (χ0) is 14.4. The topological polar surface area (TPSA) is 77.0 Å². The summed E-state index contributed by atoms with van der Waals surface area (Å²) in [6, 6.07) is 3.80. The van der Waals surface area contributed by atoms with Crippen LogP contribution in [-0.2, 0) is 0 Å². The van der Waals surface area contributed by atoms with Gasteiger partial charge < -0.3 is 11.1 Å². The van der Waals surface area contributed by atoms with Crippen LogP contribution >= 0.6 is 0 Å². The first-order valence-electron chi connectivity index (χ1n) is 7.98. The number of hydrogen-bond donors (Lipinski definition) is 2. The van der Waals surface area contributed by atoms with E-state index < -0.39 is 0 Å². The number of fused-ring (bicyclic) bond motifs is 2. The lowest BCUT2D eigenvalue weighted by Crippen LogP contribution is -2.50. The molecular formula is C16H22N4O. The van der Waals surface area contributed by atoms with E-state index in [1.165, 1.54) is 25.7 Å². The average Bonchev–Trinajstić information content (AvgIpc) is 2.93. The molecule has 0 spiro atoms. The first kappa shape index (κ1) is 12.9. The molecule has 2 saturated carbocycles. The Bertz CT molecular complexity index is 649. The molecule has 2 aliphatic rings. The highest BCUT2D eigenvalue weighted by Gasteiger charge is 2.50. The van der Waals surface area contributed by atoms with E-state index in [2.05, 4.69) is 22.6 Å². The first-order chi connectivity index (χ1) is 10.2. The Morgan fingerprint density at radius 3 is 2.95 bits per heavy atom. The van der Waals surface area contributed by atoms with E-state index in [-0.39, 0.29) is 0 Å². The summed E-state index contributed by atoms with van der Waals surface area (Å²) < 4.78 is 4.78. The predicted octanol–water partition coefficient (Wildman–Crippen LogP) is 3.29. The van der Waals surface area contributed by atoms with Crippen LogP contribution in [-0.4, -0.2) is 16.9 Å². The van der Waals surface area contributed by atoms with E-state index in [0.717, 1.165) is 41.4 Å². The highest BCUT2D eigenvalue weighted by atomic mass is 16.6. The zero-order valence-corrected chi connectivity index (χ0v) is 12.4. The molecule has 1 aromatic carbocycles. The highest BCUT2D eigenvalue weighted by molar-refractivity contribution is 5.94. The Hall–Kier alpha value is -1.78. The Balaban J connectivity index is 1.30. The summed E-state index contributed by atoms with van der Waals surface area (Å²) in [7, 11) is 0. The number of hydrogen-bond acceptors (Lipinski definition) is 5. The van der Waals surface area contributed by atoms with Crippen LogP contribution in [0.3, 0.4) is 0 Å². The molecule has 3 N–H and O–H groups in total. The van der Waals surface area contributed by atoms with E-state index in [1.54, 1.807) is 0 Å². The molecule has 21 heavy (non-hydrogen) atoms. The predicted molar refractivity (Wildman–Crippen MR) is 82.8 cm³/mol. The largest absolute Gasteiger partial charge is 0.397 e. The van der Waals surface area contributed by atoms with Gasteiger partial charge in [0.1, 0.15) is 0 Å². The van der Waals surface area contributed by atoms with Gasteiger partial charge in [0.2, 0.25) is 0 Å². The number of aromatic nitrogens is 2. The maximum absolute atomic E-state index is 5.85. The third-order valence-corrected chi connectivity index (χ3v) is 5.54. The molecule has 2 fully saturated rings. The van der Waals surface area contributed by atoms with E-state index in [4.69, 9.17) is 10.4 Å². The second kappa shape index (κ2) is 4.90. The third-order valence-electron chi connectivity index (χ3n) is 5.54. The summed E-state index contributed by atoms with van der Waals surface area (Å²) in [6.45, 7) is 3.38. The molecule has 0 saturated heterocycles. The number of nitrogens with two attached hydrogens (primary N) is 1. The van der Waals surface area contributed by atoms with Gasteiger partial charge in [-0.3, -0.25) is 0 Å². The van der Waals surface area contributed by atoms with Gasteiger partial charge in [-0.1, -0.05) is 6.92 Å². The van der Waals surface area contributed by atoms with Crippen molar-refractivity contribution in [3.8, 4) is 0 Å². The fraction of sp³-hybridized carbons (Fsp3) is 0.625. The molecular weight excluding hydrogens is 264 g/mol. The van der Waals surface area contributed by atoms with Crippen molar-refractivity contribution in [2.45, 2.75) is 32.6 Å². The lowest BCUT2D eigenvalue weighted by molar-refractivity contribution is -0.0841. The van der Waals surface area contributed by atoms with Crippen molar-refractivity contribution in [3.05, 3.63) is 12.1 Å². The van der Waals surface area contributed by atoms with Crippen LogP contribution in [0.1, 0.15) is 32.6 Å². The van der Waals surface area contributed by atoms with Gasteiger partial charge in [0.25, 0.3) is 0 Å². The fourth-order valence-electron chi connectivity index (χ4n) is 4.44. The van der Waals surface area contributed by atoms with Crippen molar-refractivity contribution in [2.75, 3.05) is 17.6 Å². The van der Waals surface area contributed by atoms with Crippen molar-refractivity contribution in [2.24, 2.45) is 23.7 Å². The standard InChI is InChI=1S/C16H22N4O/c1-9-7-11-8-10(14(9)11)3-2-6-18-13-5-4-12(17)15-16(13)20-21-19-15/h4-5,9-11,14,18H,2-3,6-8,17H2,1H3. The van der Waals surface area contributed by atoms with Gasteiger partial charge in [-0.05, 0) is 71.8 Å². The lowest BCUT2D eigenvalue weighted by Gasteiger charge is -2.58. The SMILES string of the molecule is CC1CC2CC(CCCNc3ccc(N)c4nonc34)C12. The molecule has 2 aromatic rings. The van der Waals surface area contributed by atoms with Gasteiger partial charge >= 0.3 is 0 Å². The summed E-state index contributed by atoms with van der Waals surface area (Å²) in [5.74, 6) is 4.05. The van der Waals surface area contributed by atoms with E-state index in [9.17, 15) is 0 Å². The molecule has 2 aliphatic carbocycles. The van der Waals surface area contributed by atoms with Crippen LogP contribution in [0.5, 0.6) is 0 Å². The number of nitrogens with one attached hydrogen (secondary N) is 1. The molecule has 1 aromatic heterocycles. The first-order valence-corrected chi connectivity index (χ1v) is 7.98. The molecule has 4 unspecified atom stereocenters. The van der Waals surface area contributed by atoms with Crippen molar-refractivity contribution in [1.82, 2.24) is 10.3 Å². The average molecular weight is 286 g/mol. The van der Waals surface area contributed by atoms with Gasteiger partial charge in [-0.25, -0.2) is 4.63 Å².